The number of aromatic nitrogens is 1. The van der Waals surface area contributed by atoms with E-state index in [2.05, 4.69) is 21.7 Å². The van der Waals surface area contributed by atoms with Crippen molar-refractivity contribution in [2.24, 2.45) is 0 Å². The second kappa shape index (κ2) is 10.3. The molecule has 0 amide bonds. The number of hydrogen-bond donors (Lipinski definition) is 0. The van der Waals surface area contributed by atoms with Gasteiger partial charge in [0.25, 0.3) is 0 Å². The van der Waals surface area contributed by atoms with Gasteiger partial charge in [-0.25, -0.2) is 9.78 Å². The number of ether oxygens (including phenoxy) is 2. The van der Waals surface area contributed by atoms with Crippen LogP contribution in [0.5, 0.6) is 11.6 Å². The lowest BCUT2D eigenvalue weighted by molar-refractivity contribution is 0.0597. The molecule has 0 N–H and O–H groups in total. The Balaban J connectivity index is 2.09. The highest BCUT2D eigenvalue weighted by Gasteiger charge is 2.27. The van der Waals surface area contributed by atoms with E-state index in [4.69, 9.17) is 21.1 Å². The Hall–Kier alpha value is -2.31. The van der Waals surface area contributed by atoms with Crippen LogP contribution in [0.15, 0.2) is 18.2 Å². The third-order valence-electron chi connectivity index (χ3n) is 5.51. The summed E-state index contributed by atoms with van der Waals surface area (Å²) in [5, 5.41) is 0.646. The predicted octanol–water partition coefficient (Wildman–Crippen LogP) is 5.51. The molecule has 1 aromatic heterocycles. The molecular weight excluding hydrogens is 414 g/mol. The van der Waals surface area contributed by atoms with Gasteiger partial charge in [-0.3, -0.25) is 4.90 Å². The van der Waals surface area contributed by atoms with Crippen LogP contribution in [0.4, 0.5) is 5.69 Å². The van der Waals surface area contributed by atoms with Gasteiger partial charge in [0.15, 0.2) is 0 Å². The van der Waals surface area contributed by atoms with E-state index >= 15 is 0 Å². The number of aryl methyl sites for hydroxylation is 3. The first-order valence-electron chi connectivity index (χ1n) is 10.9. The molecule has 1 aromatic carbocycles. The SMILES string of the molecule is CCCN(CN1CCCC1)c1cc(C)nc(Oc2c(C)cc(Cl)cc2C)c1C(=O)OC. The Morgan fingerprint density at radius 1 is 1.16 bits per heavy atom. The number of anilines is 1. The average Bonchev–Trinajstić information content (AvgIpc) is 3.22. The summed E-state index contributed by atoms with van der Waals surface area (Å²) in [6.45, 7) is 11.6. The summed E-state index contributed by atoms with van der Waals surface area (Å²) < 4.78 is 11.4. The summed E-state index contributed by atoms with van der Waals surface area (Å²) in [5.74, 6) is 0.461. The van der Waals surface area contributed by atoms with E-state index in [1.165, 1.54) is 20.0 Å². The molecule has 3 rings (SSSR count). The molecule has 168 valence electrons. The largest absolute Gasteiger partial charge is 0.465 e. The zero-order valence-corrected chi connectivity index (χ0v) is 19.9. The molecule has 1 aliphatic rings. The highest BCUT2D eigenvalue weighted by atomic mass is 35.5. The van der Waals surface area contributed by atoms with Gasteiger partial charge in [-0.2, -0.15) is 0 Å². The van der Waals surface area contributed by atoms with Gasteiger partial charge in [0.2, 0.25) is 5.88 Å². The van der Waals surface area contributed by atoms with Crippen molar-refractivity contribution >= 4 is 23.3 Å². The number of pyridine rings is 1. The molecule has 1 aliphatic heterocycles. The highest BCUT2D eigenvalue weighted by molar-refractivity contribution is 6.30. The fourth-order valence-electron chi connectivity index (χ4n) is 4.10. The predicted molar refractivity (Wildman–Crippen MR) is 125 cm³/mol. The molecule has 2 heterocycles. The minimum atomic E-state index is -0.454. The van der Waals surface area contributed by atoms with Crippen LogP contribution >= 0.6 is 11.6 Å². The van der Waals surface area contributed by atoms with Gasteiger partial charge in [-0.05, 0) is 82.4 Å². The lowest BCUT2D eigenvalue weighted by atomic mass is 10.1. The van der Waals surface area contributed by atoms with Crippen LogP contribution < -0.4 is 9.64 Å². The standard InChI is InChI=1S/C24H32ClN3O3/c1-6-9-28(15-27-10-7-8-11-27)20-14-18(4)26-23(21(20)24(29)30-5)31-22-16(2)12-19(25)13-17(22)3/h12-14H,6-11,15H2,1-5H3. The van der Waals surface area contributed by atoms with Crippen molar-refractivity contribution in [1.82, 2.24) is 9.88 Å². The maximum Gasteiger partial charge on any atom is 0.345 e. The van der Waals surface area contributed by atoms with Gasteiger partial charge in [-0.15, -0.1) is 0 Å². The van der Waals surface area contributed by atoms with Crippen molar-refractivity contribution < 1.29 is 14.3 Å². The minimum Gasteiger partial charge on any atom is -0.465 e. The lowest BCUT2D eigenvalue weighted by Gasteiger charge is -2.31. The average molecular weight is 446 g/mol. The van der Waals surface area contributed by atoms with Crippen LogP contribution in [0, 0.1) is 20.8 Å². The van der Waals surface area contributed by atoms with Crippen molar-refractivity contribution in [2.45, 2.75) is 47.0 Å². The number of rotatable bonds is 8. The number of carbonyl (C=O) groups is 1. The summed E-state index contributed by atoms with van der Waals surface area (Å²) >= 11 is 6.18. The zero-order valence-electron chi connectivity index (χ0n) is 19.1. The molecule has 0 bridgehead atoms. The normalized spacial score (nSPS) is 14.0. The van der Waals surface area contributed by atoms with Crippen molar-refractivity contribution in [3.8, 4) is 11.6 Å². The van der Waals surface area contributed by atoms with Crippen molar-refractivity contribution in [2.75, 3.05) is 38.3 Å². The Morgan fingerprint density at radius 3 is 2.39 bits per heavy atom. The smallest absolute Gasteiger partial charge is 0.345 e. The van der Waals surface area contributed by atoms with Crippen molar-refractivity contribution in [1.29, 1.82) is 0 Å². The Labute approximate surface area is 190 Å². The quantitative estimate of drug-likeness (QED) is 0.499. The minimum absolute atomic E-state index is 0.262. The zero-order chi connectivity index (χ0) is 22.5. The molecule has 0 radical (unpaired) electrons. The molecule has 6 nitrogen and oxygen atoms in total. The van der Waals surface area contributed by atoms with Crippen molar-refractivity contribution in [3.05, 3.63) is 45.6 Å². The molecule has 0 saturated carbocycles. The number of benzene rings is 1. The first-order valence-corrected chi connectivity index (χ1v) is 11.2. The van der Waals surface area contributed by atoms with Crippen molar-refractivity contribution in [3.63, 3.8) is 0 Å². The first-order chi connectivity index (χ1) is 14.8. The van der Waals surface area contributed by atoms with Gasteiger partial charge in [0, 0.05) is 17.3 Å². The van der Waals surface area contributed by atoms with E-state index < -0.39 is 5.97 Å². The van der Waals surface area contributed by atoms with E-state index in [9.17, 15) is 4.79 Å². The third-order valence-corrected chi connectivity index (χ3v) is 5.73. The van der Waals surface area contributed by atoms with Crippen LogP contribution in [-0.4, -0.2) is 49.3 Å². The fraction of sp³-hybridized carbons (Fsp3) is 0.500. The van der Waals surface area contributed by atoms with E-state index in [1.807, 2.05) is 39.0 Å². The Bertz CT molecular complexity index is 919. The number of carbonyl (C=O) groups excluding carboxylic acids is 1. The molecule has 0 spiro atoms. The molecule has 1 saturated heterocycles. The van der Waals surface area contributed by atoms with Gasteiger partial charge in [0.05, 0.1) is 19.5 Å². The molecule has 0 aliphatic carbocycles. The molecule has 2 aromatic rings. The number of esters is 1. The van der Waals surface area contributed by atoms with Crippen LogP contribution in [0.2, 0.25) is 5.02 Å². The van der Waals surface area contributed by atoms with Gasteiger partial charge >= 0.3 is 5.97 Å². The summed E-state index contributed by atoms with van der Waals surface area (Å²) in [6.07, 6.45) is 3.38. The molecular formula is C24H32ClN3O3. The summed E-state index contributed by atoms with van der Waals surface area (Å²) in [7, 11) is 1.39. The van der Waals surface area contributed by atoms with E-state index in [0.29, 0.717) is 16.3 Å². The fourth-order valence-corrected chi connectivity index (χ4v) is 4.43. The van der Waals surface area contributed by atoms with Crippen LogP contribution in [0.25, 0.3) is 0 Å². The van der Waals surface area contributed by atoms with Gasteiger partial charge in [0.1, 0.15) is 11.3 Å². The first kappa shape index (κ1) is 23.4. The Kier molecular flexibility index (Phi) is 7.79. The summed E-state index contributed by atoms with van der Waals surface area (Å²) in [5.41, 5.74) is 3.70. The number of methoxy groups -OCH3 is 1. The third kappa shape index (κ3) is 5.49. The number of nitrogens with zero attached hydrogens (tertiary/aromatic N) is 3. The second-order valence-electron chi connectivity index (χ2n) is 8.16. The van der Waals surface area contributed by atoms with E-state index in [0.717, 1.165) is 55.2 Å². The van der Waals surface area contributed by atoms with Gasteiger partial charge < -0.3 is 14.4 Å². The van der Waals surface area contributed by atoms with Crippen LogP contribution in [-0.2, 0) is 4.74 Å². The van der Waals surface area contributed by atoms with Crippen LogP contribution in [0.3, 0.4) is 0 Å². The molecule has 31 heavy (non-hydrogen) atoms. The molecule has 0 atom stereocenters. The molecule has 7 heteroatoms. The van der Waals surface area contributed by atoms with Gasteiger partial charge in [-0.1, -0.05) is 18.5 Å². The number of likely N-dealkylation sites (tertiary alicyclic amines) is 1. The Morgan fingerprint density at radius 2 is 1.81 bits per heavy atom. The number of halogens is 1. The lowest BCUT2D eigenvalue weighted by Crippen LogP contribution is -2.38. The highest BCUT2D eigenvalue weighted by Crippen LogP contribution is 2.36. The van der Waals surface area contributed by atoms with E-state index in [-0.39, 0.29) is 5.88 Å². The molecule has 0 unspecified atom stereocenters. The molecule has 1 fully saturated rings. The summed E-state index contributed by atoms with van der Waals surface area (Å²) in [4.78, 5) is 22.2. The topological polar surface area (TPSA) is 54.9 Å². The maximum absolute atomic E-state index is 12.9. The second-order valence-corrected chi connectivity index (χ2v) is 8.59. The van der Waals surface area contributed by atoms with E-state index in [1.54, 1.807) is 0 Å². The maximum atomic E-state index is 12.9. The monoisotopic (exact) mass is 445 g/mol. The number of hydrogen-bond acceptors (Lipinski definition) is 6. The summed E-state index contributed by atoms with van der Waals surface area (Å²) in [6, 6.07) is 5.64. The van der Waals surface area contributed by atoms with Crippen LogP contribution in [0.1, 0.15) is 53.4 Å².